The van der Waals surface area contributed by atoms with Crippen LogP contribution in [-0.2, 0) is 9.59 Å². The molecule has 0 atom stereocenters. The van der Waals surface area contributed by atoms with Crippen molar-refractivity contribution in [3.8, 4) is 0 Å². The fraction of sp³-hybridized carbons (Fsp3) is 0.429. The molecule has 20 heavy (non-hydrogen) atoms. The first-order valence-corrected chi connectivity index (χ1v) is 7.26. The molecule has 1 saturated carbocycles. The monoisotopic (exact) mass is 314 g/mol. The summed E-state index contributed by atoms with van der Waals surface area (Å²) in [6, 6.07) is 5.42. The number of nitrogens with zero attached hydrogens (tertiary/aromatic N) is 1. The van der Waals surface area contributed by atoms with E-state index in [-0.39, 0.29) is 24.8 Å². The van der Waals surface area contributed by atoms with Gasteiger partial charge in [0.1, 0.15) is 0 Å². The zero-order valence-corrected chi connectivity index (χ0v) is 12.7. The van der Waals surface area contributed by atoms with E-state index in [9.17, 15) is 9.59 Å². The van der Waals surface area contributed by atoms with Gasteiger partial charge in [0, 0.05) is 25.9 Å². The van der Waals surface area contributed by atoms with Crippen LogP contribution in [0.3, 0.4) is 0 Å². The highest BCUT2D eigenvalue weighted by atomic mass is 35.5. The van der Waals surface area contributed by atoms with E-state index in [0.29, 0.717) is 21.8 Å². The minimum Gasteiger partial charge on any atom is -0.353 e. The molecule has 6 heteroatoms. The molecule has 108 valence electrons. The molecule has 1 aliphatic rings. The molecular formula is C14H16Cl2N2O2. The van der Waals surface area contributed by atoms with E-state index in [1.807, 2.05) is 0 Å². The van der Waals surface area contributed by atoms with Gasteiger partial charge >= 0.3 is 0 Å². The van der Waals surface area contributed by atoms with Crippen LogP contribution in [0.5, 0.6) is 0 Å². The molecular weight excluding hydrogens is 299 g/mol. The predicted octanol–water partition coefficient (Wildman–Crippen LogP) is 3.02. The van der Waals surface area contributed by atoms with Crippen LogP contribution >= 0.6 is 23.2 Å². The Morgan fingerprint density at radius 2 is 2.05 bits per heavy atom. The minimum atomic E-state index is -0.173. The van der Waals surface area contributed by atoms with Crippen LogP contribution in [-0.4, -0.2) is 24.4 Å². The summed E-state index contributed by atoms with van der Waals surface area (Å²) in [6.07, 6.45) is 2.34. The third-order valence-corrected chi connectivity index (χ3v) is 3.92. The second kappa shape index (κ2) is 6.46. The van der Waals surface area contributed by atoms with Gasteiger partial charge in [-0.25, -0.2) is 0 Å². The van der Waals surface area contributed by atoms with Gasteiger partial charge in [0.15, 0.2) is 0 Å². The Morgan fingerprint density at radius 1 is 1.35 bits per heavy atom. The molecule has 0 aliphatic heterocycles. The Labute approximate surface area is 128 Å². The van der Waals surface area contributed by atoms with Crippen LogP contribution in [0.4, 0.5) is 5.69 Å². The lowest BCUT2D eigenvalue weighted by molar-refractivity contribution is -0.121. The highest BCUT2D eigenvalue weighted by Crippen LogP contribution is 2.32. The van der Waals surface area contributed by atoms with Crippen molar-refractivity contribution in [1.82, 2.24) is 5.32 Å². The first-order valence-electron chi connectivity index (χ1n) is 6.50. The molecule has 1 aromatic carbocycles. The maximum atomic E-state index is 11.7. The van der Waals surface area contributed by atoms with E-state index < -0.39 is 0 Å². The van der Waals surface area contributed by atoms with Crippen molar-refractivity contribution in [3.05, 3.63) is 28.2 Å². The van der Waals surface area contributed by atoms with E-state index in [4.69, 9.17) is 23.2 Å². The molecule has 1 N–H and O–H groups in total. The lowest BCUT2D eigenvalue weighted by atomic mass is 10.2. The molecule has 0 heterocycles. The number of benzene rings is 1. The van der Waals surface area contributed by atoms with Gasteiger partial charge < -0.3 is 10.2 Å². The number of hydrogen-bond acceptors (Lipinski definition) is 2. The first-order chi connectivity index (χ1) is 9.49. The highest BCUT2D eigenvalue weighted by molar-refractivity contribution is 6.44. The lowest BCUT2D eigenvalue weighted by Gasteiger charge is -2.22. The standard InChI is InChI=1S/C14H16Cl2N2O2/c1-9(19)18(8-7-13(20)17-10-5-6-10)12-4-2-3-11(15)14(12)16/h2-4,10H,5-8H2,1H3,(H,17,20). The molecule has 1 aromatic rings. The molecule has 0 saturated heterocycles. The van der Waals surface area contributed by atoms with Crippen molar-refractivity contribution >= 4 is 40.7 Å². The number of amides is 2. The summed E-state index contributed by atoms with van der Waals surface area (Å²) >= 11 is 12.1. The molecule has 0 bridgehead atoms. The van der Waals surface area contributed by atoms with E-state index in [0.717, 1.165) is 12.8 Å². The van der Waals surface area contributed by atoms with E-state index in [2.05, 4.69) is 5.32 Å². The molecule has 0 aromatic heterocycles. The van der Waals surface area contributed by atoms with Crippen molar-refractivity contribution in [2.24, 2.45) is 0 Å². The van der Waals surface area contributed by atoms with Gasteiger partial charge in [-0.05, 0) is 25.0 Å². The zero-order chi connectivity index (χ0) is 14.7. The summed E-state index contributed by atoms with van der Waals surface area (Å²) in [5.41, 5.74) is 0.533. The third-order valence-electron chi connectivity index (χ3n) is 3.11. The minimum absolute atomic E-state index is 0.0445. The number of rotatable bonds is 5. The summed E-state index contributed by atoms with van der Waals surface area (Å²) in [5.74, 6) is -0.217. The van der Waals surface area contributed by atoms with Gasteiger partial charge in [-0.1, -0.05) is 29.3 Å². The molecule has 0 unspecified atom stereocenters. The Balaban J connectivity index is 2.04. The SMILES string of the molecule is CC(=O)N(CCC(=O)NC1CC1)c1cccc(Cl)c1Cl. The smallest absolute Gasteiger partial charge is 0.223 e. The van der Waals surface area contributed by atoms with Gasteiger partial charge in [0.2, 0.25) is 11.8 Å². The summed E-state index contributed by atoms with van der Waals surface area (Å²) in [5, 5.41) is 3.60. The van der Waals surface area contributed by atoms with Crippen LogP contribution in [0, 0.1) is 0 Å². The second-order valence-corrected chi connectivity index (χ2v) is 5.62. The van der Waals surface area contributed by atoms with E-state index >= 15 is 0 Å². The quantitative estimate of drug-likeness (QED) is 0.908. The molecule has 0 radical (unpaired) electrons. The van der Waals surface area contributed by atoms with E-state index in [1.165, 1.54) is 11.8 Å². The van der Waals surface area contributed by atoms with Crippen LogP contribution in [0.2, 0.25) is 10.0 Å². The van der Waals surface area contributed by atoms with Gasteiger partial charge in [0.25, 0.3) is 0 Å². The number of nitrogens with one attached hydrogen (secondary N) is 1. The van der Waals surface area contributed by atoms with Crippen LogP contribution < -0.4 is 10.2 Å². The topological polar surface area (TPSA) is 49.4 Å². The van der Waals surface area contributed by atoms with Crippen molar-refractivity contribution in [3.63, 3.8) is 0 Å². The molecule has 2 amide bonds. The number of halogens is 2. The van der Waals surface area contributed by atoms with Gasteiger partial charge in [0.05, 0.1) is 15.7 Å². The molecule has 0 spiro atoms. The highest BCUT2D eigenvalue weighted by Gasteiger charge is 2.24. The Morgan fingerprint density at radius 3 is 2.65 bits per heavy atom. The summed E-state index contributed by atoms with van der Waals surface area (Å²) in [4.78, 5) is 24.9. The van der Waals surface area contributed by atoms with Crippen LogP contribution in [0.15, 0.2) is 18.2 Å². The summed E-state index contributed by atoms with van der Waals surface area (Å²) in [7, 11) is 0. The maximum absolute atomic E-state index is 11.7. The second-order valence-electron chi connectivity index (χ2n) is 4.84. The van der Waals surface area contributed by atoms with Crippen molar-refractivity contribution in [1.29, 1.82) is 0 Å². The fourth-order valence-electron chi connectivity index (χ4n) is 1.89. The zero-order valence-electron chi connectivity index (χ0n) is 11.2. The molecule has 1 fully saturated rings. The van der Waals surface area contributed by atoms with Gasteiger partial charge in [-0.2, -0.15) is 0 Å². The summed E-state index contributed by atoms with van der Waals surface area (Å²) in [6.45, 7) is 1.73. The molecule has 4 nitrogen and oxygen atoms in total. The van der Waals surface area contributed by atoms with Crippen LogP contribution in [0.25, 0.3) is 0 Å². The fourth-order valence-corrected chi connectivity index (χ4v) is 2.29. The number of hydrogen-bond donors (Lipinski definition) is 1. The Kier molecular flexibility index (Phi) is 4.89. The summed E-state index contributed by atoms with van der Waals surface area (Å²) < 4.78 is 0. The average Bonchev–Trinajstić information content (AvgIpc) is 3.18. The van der Waals surface area contributed by atoms with Gasteiger partial charge in [-0.15, -0.1) is 0 Å². The Bertz CT molecular complexity index is 530. The largest absolute Gasteiger partial charge is 0.353 e. The predicted molar refractivity (Wildman–Crippen MR) is 80.3 cm³/mol. The normalized spacial score (nSPS) is 13.9. The first kappa shape index (κ1) is 15.1. The van der Waals surface area contributed by atoms with Crippen molar-refractivity contribution in [2.75, 3.05) is 11.4 Å². The number of anilines is 1. The van der Waals surface area contributed by atoms with Gasteiger partial charge in [-0.3, -0.25) is 9.59 Å². The lowest BCUT2D eigenvalue weighted by Crippen LogP contribution is -2.34. The number of carbonyl (C=O) groups is 2. The molecule has 2 rings (SSSR count). The number of carbonyl (C=O) groups excluding carboxylic acids is 2. The van der Waals surface area contributed by atoms with E-state index in [1.54, 1.807) is 18.2 Å². The van der Waals surface area contributed by atoms with Crippen molar-refractivity contribution in [2.45, 2.75) is 32.2 Å². The molecule has 1 aliphatic carbocycles. The maximum Gasteiger partial charge on any atom is 0.223 e. The van der Waals surface area contributed by atoms with Crippen molar-refractivity contribution < 1.29 is 9.59 Å². The average molecular weight is 315 g/mol. The third kappa shape index (κ3) is 3.87. The Hall–Kier alpha value is -1.26. The van der Waals surface area contributed by atoms with Crippen LogP contribution in [0.1, 0.15) is 26.2 Å².